The Morgan fingerprint density at radius 3 is 1.97 bits per heavy atom. The van der Waals surface area contributed by atoms with Crippen molar-refractivity contribution in [2.75, 3.05) is 0 Å². The van der Waals surface area contributed by atoms with Crippen LogP contribution in [-0.4, -0.2) is 32.7 Å². The third kappa shape index (κ3) is 3.93. The van der Waals surface area contributed by atoms with E-state index in [0.717, 1.165) is 0 Å². The summed E-state index contributed by atoms with van der Waals surface area (Å²) in [6, 6.07) is 4.24. The number of phenolic OH excluding ortho intramolecular Hbond substituents is 2. The van der Waals surface area contributed by atoms with E-state index in [2.05, 4.69) is 0 Å². The summed E-state index contributed by atoms with van der Waals surface area (Å²) in [7, 11) is 0. The Hall–Kier alpha value is -2.63. The van der Waals surface area contributed by atoms with Gasteiger partial charge in [0.1, 0.15) is 17.3 Å². The van der Waals surface area contributed by atoms with Gasteiger partial charge >= 0.3 is 0 Å². The average Bonchev–Trinajstić information content (AvgIpc) is 2.52. The van der Waals surface area contributed by atoms with Crippen molar-refractivity contribution in [3.8, 4) is 11.5 Å². The minimum Gasteiger partial charge on any atom is -0.512 e. The molecule has 2 aliphatic rings. The van der Waals surface area contributed by atoms with Crippen molar-refractivity contribution in [2.45, 2.75) is 59.3 Å². The van der Waals surface area contributed by atoms with Crippen LogP contribution in [0.1, 0.15) is 64.9 Å². The Labute approximate surface area is 170 Å². The number of aliphatic hydroxyl groups is 1. The molecule has 1 unspecified atom stereocenters. The van der Waals surface area contributed by atoms with Crippen LogP contribution in [0.25, 0.3) is 0 Å². The molecule has 156 valence electrons. The van der Waals surface area contributed by atoms with E-state index in [9.17, 15) is 29.7 Å². The van der Waals surface area contributed by atoms with Gasteiger partial charge in [-0.1, -0.05) is 39.8 Å². The molecule has 6 nitrogen and oxygen atoms in total. The summed E-state index contributed by atoms with van der Waals surface area (Å²) in [5, 5.41) is 31.2. The van der Waals surface area contributed by atoms with Gasteiger partial charge in [-0.15, -0.1) is 0 Å². The first kappa shape index (κ1) is 21.1. The highest BCUT2D eigenvalue weighted by molar-refractivity contribution is 6.09. The lowest BCUT2D eigenvalue weighted by Gasteiger charge is -2.39. The Balaban J connectivity index is 2.22. The third-order valence-electron chi connectivity index (χ3n) is 5.92. The molecule has 0 bridgehead atoms. The van der Waals surface area contributed by atoms with Gasteiger partial charge in [0, 0.05) is 42.7 Å². The van der Waals surface area contributed by atoms with Gasteiger partial charge in [-0.25, -0.2) is 0 Å². The van der Waals surface area contributed by atoms with E-state index in [1.807, 2.05) is 27.7 Å². The zero-order valence-corrected chi connectivity index (χ0v) is 17.3. The highest BCUT2D eigenvalue weighted by Crippen LogP contribution is 2.50. The largest absolute Gasteiger partial charge is 0.512 e. The van der Waals surface area contributed by atoms with Crippen molar-refractivity contribution in [1.82, 2.24) is 0 Å². The molecule has 0 aromatic heterocycles. The van der Waals surface area contributed by atoms with Gasteiger partial charge in [0.25, 0.3) is 0 Å². The predicted octanol–water partition coefficient (Wildman–Crippen LogP) is 3.96. The summed E-state index contributed by atoms with van der Waals surface area (Å²) in [6.45, 7) is 7.39. The van der Waals surface area contributed by atoms with Crippen molar-refractivity contribution in [3.05, 3.63) is 35.1 Å². The van der Waals surface area contributed by atoms with Crippen LogP contribution < -0.4 is 0 Å². The molecule has 29 heavy (non-hydrogen) atoms. The molecule has 0 saturated heterocycles. The predicted molar refractivity (Wildman–Crippen MR) is 107 cm³/mol. The fraction of sp³-hybridized carbons (Fsp3) is 0.522. The second kappa shape index (κ2) is 7.01. The Bertz CT molecular complexity index is 901. The van der Waals surface area contributed by atoms with Crippen molar-refractivity contribution in [1.29, 1.82) is 0 Å². The zero-order chi connectivity index (χ0) is 21.7. The van der Waals surface area contributed by atoms with Gasteiger partial charge in [-0.05, 0) is 16.9 Å². The van der Waals surface area contributed by atoms with Crippen LogP contribution in [0, 0.1) is 16.7 Å². The van der Waals surface area contributed by atoms with Gasteiger partial charge in [0.15, 0.2) is 17.3 Å². The van der Waals surface area contributed by atoms with Crippen molar-refractivity contribution in [2.24, 2.45) is 16.7 Å². The van der Waals surface area contributed by atoms with Crippen LogP contribution in [0.2, 0.25) is 0 Å². The maximum Gasteiger partial charge on any atom is 0.163 e. The van der Waals surface area contributed by atoms with Crippen LogP contribution in [-0.2, 0) is 14.4 Å². The average molecular weight is 400 g/mol. The SMILES string of the molecule is CC1(C)CC(=O)C(C(C2=C(O)CC(C)(C)CC2=O)c2cccc(O)c2O)C(=O)C1. The van der Waals surface area contributed by atoms with Crippen molar-refractivity contribution < 1.29 is 29.7 Å². The number of carbonyl (C=O) groups excluding carboxylic acids is 3. The topological polar surface area (TPSA) is 112 Å². The van der Waals surface area contributed by atoms with Crippen LogP contribution in [0.5, 0.6) is 11.5 Å². The van der Waals surface area contributed by atoms with Gasteiger partial charge in [-0.3, -0.25) is 14.4 Å². The van der Waals surface area contributed by atoms with Crippen LogP contribution >= 0.6 is 0 Å². The first-order chi connectivity index (χ1) is 13.3. The number of aromatic hydroxyl groups is 2. The summed E-state index contributed by atoms with van der Waals surface area (Å²) in [5.74, 6) is -4.36. The van der Waals surface area contributed by atoms with Crippen LogP contribution in [0.4, 0.5) is 0 Å². The Morgan fingerprint density at radius 2 is 1.41 bits per heavy atom. The van der Waals surface area contributed by atoms with E-state index in [1.54, 1.807) is 0 Å². The van der Waals surface area contributed by atoms with Crippen molar-refractivity contribution in [3.63, 3.8) is 0 Å². The van der Waals surface area contributed by atoms with E-state index in [1.165, 1.54) is 18.2 Å². The quantitative estimate of drug-likeness (QED) is 0.523. The molecule has 6 heteroatoms. The number of ketones is 3. The monoisotopic (exact) mass is 400 g/mol. The number of carbonyl (C=O) groups is 3. The number of hydrogen-bond donors (Lipinski definition) is 3. The standard InChI is InChI=1S/C23H28O6/c1-22(2)8-14(25)19(15(26)9-22)18(12-6-5-7-13(24)21(12)29)20-16(27)10-23(3,4)11-17(20)28/h5-7,18-19,24,27,29H,8-11H2,1-4H3. The maximum atomic E-state index is 13.0. The lowest BCUT2D eigenvalue weighted by atomic mass is 9.62. The normalized spacial score (nSPS) is 23.4. The molecule has 0 radical (unpaired) electrons. The maximum absolute atomic E-state index is 13.0. The fourth-order valence-electron chi connectivity index (χ4n) is 4.73. The minimum absolute atomic E-state index is 0.00312. The third-order valence-corrected chi connectivity index (χ3v) is 5.92. The highest BCUT2D eigenvalue weighted by atomic mass is 16.3. The molecule has 1 aromatic rings. The number of phenols is 2. The molecule has 2 aliphatic carbocycles. The molecule has 1 atom stereocenters. The molecule has 0 heterocycles. The molecule has 1 fully saturated rings. The zero-order valence-electron chi connectivity index (χ0n) is 17.3. The van der Waals surface area contributed by atoms with E-state index in [-0.39, 0.29) is 59.9 Å². The second-order valence-corrected chi connectivity index (χ2v) is 9.92. The van der Waals surface area contributed by atoms with E-state index < -0.39 is 34.2 Å². The summed E-state index contributed by atoms with van der Waals surface area (Å²) in [4.78, 5) is 39.1. The molecular formula is C23H28O6. The number of Topliss-reactive ketones (excluding diaryl/α,β-unsaturated/α-hetero) is 3. The molecule has 3 N–H and O–H groups in total. The molecule has 3 rings (SSSR count). The fourth-order valence-corrected chi connectivity index (χ4v) is 4.73. The summed E-state index contributed by atoms with van der Waals surface area (Å²) in [6.07, 6.45) is 0.703. The van der Waals surface area contributed by atoms with Gasteiger partial charge < -0.3 is 15.3 Å². The molecule has 0 amide bonds. The van der Waals surface area contributed by atoms with E-state index >= 15 is 0 Å². The van der Waals surface area contributed by atoms with Gasteiger partial charge in [0.05, 0.1) is 5.92 Å². The van der Waals surface area contributed by atoms with E-state index in [4.69, 9.17) is 0 Å². The summed E-state index contributed by atoms with van der Waals surface area (Å²) >= 11 is 0. The summed E-state index contributed by atoms with van der Waals surface area (Å²) in [5.41, 5.74) is -0.827. The Morgan fingerprint density at radius 1 is 0.862 bits per heavy atom. The number of hydrogen-bond acceptors (Lipinski definition) is 6. The molecule has 0 spiro atoms. The lowest BCUT2D eigenvalue weighted by Crippen LogP contribution is -2.43. The number of para-hydroxylation sites is 1. The smallest absolute Gasteiger partial charge is 0.163 e. The number of allylic oxidation sites excluding steroid dienone is 2. The number of aliphatic hydroxyl groups excluding tert-OH is 1. The molecule has 1 aromatic carbocycles. The lowest BCUT2D eigenvalue weighted by molar-refractivity contribution is -0.140. The Kier molecular flexibility index (Phi) is 5.10. The molecular weight excluding hydrogens is 372 g/mol. The molecule has 1 saturated carbocycles. The van der Waals surface area contributed by atoms with Crippen molar-refractivity contribution >= 4 is 17.3 Å². The van der Waals surface area contributed by atoms with Crippen LogP contribution in [0.15, 0.2) is 29.5 Å². The minimum atomic E-state index is -1.18. The number of benzene rings is 1. The molecule has 0 aliphatic heterocycles. The first-order valence-corrected chi connectivity index (χ1v) is 9.84. The summed E-state index contributed by atoms with van der Waals surface area (Å²) < 4.78 is 0. The van der Waals surface area contributed by atoms with E-state index in [0.29, 0.717) is 0 Å². The van der Waals surface area contributed by atoms with Gasteiger partial charge in [0.2, 0.25) is 0 Å². The number of rotatable bonds is 3. The first-order valence-electron chi connectivity index (χ1n) is 9.84. The van der Waals surface area contributed by atoms with Gasteiger partial charge in [-0.2, -0.15) is 0 Å². The highest BCUT2D eigenvalue weighted by Gasteiger charge is 2.49. The van der Waals surface area contributed by atoms with Crippen LogP contribution in [0.3, 0.4) is 0 Å². The second-order valence-electron chi connectivity index (χ2n) is 9.92.